The van der Waals surface area contributed by atoms with Gasteiger partial charge in [0.15, 0.2) is 9.84 Å². The molecular weight excluding hydrogens is 317 g/mol. The molecule has 1 amide bonds. The van der Waals surface area contributed by atoms with Gasteiger partial charge in [-0.25, -0.2) is 13.2 Å². The fourth-order valence-electron chi connectivity index (χ4n) is 1.27. The van der Waals surface area contributed by atoms with Crippen molar-refractivity contribution in [1.82, 2.24) is 0 Å². The molecule has 1 rings (SSSR count). The Kier molecular flexibility index (Phi) is 4.44. The van der Waals surface area contributed by atoms with E-state index in [9.17, 15) is 18.0 Å². The number of amides is 1. The average molecular weight is 326 g/mol. The Morgan fingerprint density at radius 2 is 1.84 bits per heavy atom. The van der Waals surface area contributed by atoms with E-state index in [-0.39, 0.29) is 5.02 Å². The van der Waals surface area contributed by atoms with E-state index in [1.54, 1.807) is 0 Å². The lowest BCUT2D eigenvalue weighted by molar-refractivity contribution is -0.117. The van der Waals surface area contributed by atoms with Gasteiger partial charge >= 0.3 is 5.97 Å². The molecule has 0 saturated carbocycles. The number of aromatic carboxylic acids is 1. The van der Waals surface area contributed by atoms with Crippen LogP contribution in [0.15, 0.2) is 17.0 Å². The number of carboxylic acids is 1. The molecule has 19 heavy (non-hydrogen) atoms. The zero-order valence-electron chi connectivity index (χ0n) is 9.55. The summed E-state index contributed by atoms with van der Waals surface area (Å²) in [6, 6.07) is 1.99. The molecule has 1 unspecified atom stereocenters. The Balaban J connectivity index is 3.61. The van der Waals surface area contributed by atoms with Crippen molar-refractivity contribution in [3.8, 4) is 0 Å². The van der Waals surface area contributed by atoms with Crippen LogP contribution < -0.4 is 5.73 Å². The molecule has 6 nitrogen and oxygen atoms in total. The molecule has 0 aromatic heterocycles. The van der Waals surface area contributed by atoms with E-state index in [1.807, 2.05) is 0 Å². The predicted octanol–water partition coefficient (Wildman–Crippen LogP) is 1.34. The number of hydrogen-bond acceptors (Lipinski definition) is 4. The smallest absolute Gasteiger partial charge is 0.337 e. The van der Waals surface area contributed by atoms with Crippen molar-refractivity contribution in [1.29, 1.82) is 0 Å². The Morgan fingerprint density at radius 1 is 1.32 bits per heavy atom. The highest BCUT2D eigenvalue weighted by atomic mass is 35.5. The van der Waals surface area contributed by atoms with Gasteiger partial charge in [-0.2, -0.15) is 0 Å². The van der Waals surface area contributed by atoms with Crippen LogP contribution in [0, 0.1) is 0 Å². The third-order valence-electron chi connectivity index (χ3n) is 2.41. The lowest BCUT2D eigenvalue weighted by Gasteiger charge is -2.12. The molecule has 0 aliphatic rings. The Labute approximate surface area is 119 Å². The van der Waals surface area contributed by atoms with Crippen molar-refractivity contribution in [3.63, 3.8) is 0 Å². The number of rotatable bonds is 4. The number of benzene rings is 1. The molecule has 9 heteroatoms. The van der Waals surface area contributed by atoms with E-state index in [1.165, 1.54) is 0 Å². The van der Waals surface area contributed by atoms with Gasteiger partial charge in [0.05, 0.1) is 15.5 Å². The molecule has 0 fully saturated rings. The van der Waals surface area contributed by atoms with Crippen LogP contribution in [0.2, 0.25) is 10.0 Å². The molecular formula is C10H9Cl2NO5S. The third kappa shape index (κ3) is 2.99. The zero-order valence-corrected chi connectivity index (χ0v) is 11.9. The monoisotopic (exact) mass is 325 g/mol. The molecule has 0 aliphatic carbocycles. The lowest BCUT2D eigenvalue weighted by atomic mass is 10.2. The normalized spacial score (nSPS) is 13.0. The molecule has 1 aromatic rings. The summed E-state index contributed by atoms with van der Waals surface area (Å²) in [7, 11) is -4.20. The maximum atomic E-state index is 12.1. The quantitative estimate of drug-likeness (QED) is 0.866. The minimum absolute atomic E-state index is 0.128. The molecule has 1 atom stereocenters. The van der Waals surface area contributed by atoms with Gasteiger partial charge in [0.2, 0.25) is 5.91 Å². The predicted molar refractivity (Wildman–Crippen MR) is 69.3 cm³/mol. The first kappa shape index (κ1) is 15.7. The summed E-state index contributed by atoms with van der Waals surface area (Å²) in [5.74, 6) is -2.51. The Morgan fingerprint density at radius 3 is 2.26 bits per heavy atom. The van der Waals surface area contributed by atoms with Gasteiger partial charge in [0.25, 0.3) is 0 Å². The molecule has 3 N–H and O–H groups in total. The summed E-state index contributed by atoms with van der Waals surface area (Å²) in [6.07, 6.45) is 0. The summed E-state index contributed by atoms with van der Waals surface area (Å²) in [6.45, 7) is 1.08. The van der Waals surface area contributed by atoms with Crippen LogP contribution in [-0.2, 0) is 14.6 Å². The van der Waals surface area contributed by atoms with Gasteiger partial charge in [0, 0.05) is 5.02 Å². The third-order valence-corrected chi connectivity index (χ3v) is 5.24. The van der Waals surface area contributed by atoms with Crippen LogP contribution >= 0.6 is 23.2 Å². The maximum absolute atomic E-state index is 12.1. The van der Waals surface area contributed by atoms with E-state index in [2.05, 4.69) is 0 Å². The SMILES string of the molecule is CC(C(N)=O)S(=O)(=O)c1cc(Cl)cc(C(=O)O)c1Cl. The molecule has 1 aromatic carbocycles. The molecule has 104 valence electrons. The fourth-order valence-corrected chi connectivity index (χ4v) is 3.40. The van der Waals surface area contributed by atoms with Crippen molar-refractivity contribution in [3.05, 3.63) is 27.7 Å². The van der Waals surface area contributed by atoms with Gasteiger partial charge in [-0.1, -0.05) is 23.2 Å². The van der Waals surface area contributed by atoms with Crippen LogP contribution in [0.3, 0.4) is 0 Å². The van der Waals surface area contributed by atoms with Crippen molar-refractivity contribution in [2.75, 3.05) is 0 Å². The second-order valence-corrected chi connectivity index (χ2v) is 6.71. The second-order valence-electron chi connectivity index (χ2n) is 3.66. The fraction of sp³-hybridized carbons (Fsp3) is 0.200. The number of sulfone groups is 1. The van der Waals surface area contributed by atoms with Crippen LogP contribution in [0.5, 0.6) is 0 Å². The number of hydrogen-bond donors (Lipinski definition) is 2. The van der Waals surface area contributed by atoms with Gasteiger partial charge in [-0.05, 0) is 19.1 Å². The lowest BCUT2D eigenvalue weighted by Crippen LogP contribution is -2.33. The van der Waals surface area contributed by atoms with Crippen molar-refractivity contribution in [2.24, 2.45) is 5.73 Å². The number of carbonyl (C=O) groups is 2. The summed E-state index contributed by atoms with van der Waals surface area (Å²) < 4.78 is 24.2. The summed E-state index contributed by atoms with van der Waals surface area (Å²) in [5.41, 5.74) is 4.47. The first-order valence-electron chi connectivity index (χ1n) is 4.84. The molecule has 0 heterocycles. The van der Waals surface area contributed by atoms with Crippen LogP contribution in [0.1, 0.15) is 17.3 Å². The number of carboxylic acid groups (broad SMARTS) is 1. The van der Waals surface area contributed by atoms with E-state index >= 15 is 0 Å². The standard InChI is InChI=1S/C10H9Cl2NO5S/c1-4(9(13)14)19(17,18)7-3-5(11)2-6(8(7)12)10(15)16/h2-4H,1H3,(H2,13,14)(H,15,16). The summed E-state index contributed by atoms with van der Waals surface area (Å²) in [4.78, 5) is 21.4. The minimum Gasteiger partial charge on any atom is -0.478 e. The Hall–Kier alpha value is -1.31. The van der Waals surface area contributed by atoms with E-state index in [0.29, 0.717) is 0 Å². The van der Waals surface area contributed by atoms with Crippen LogP contribution in [0.25, 0.3) is 0 Å². The number of primary amides is 1. The van der Waals surface area contributed by atoms with Gasteiger partial charge in [-0.15, -0.1) is 0 Å². The highest BCUT2D eigenvalue weighted by Gasteiger charge is 2.32. The second kappa shape index (κ2) is 5.36. The molecule has 0 aliphatic heterocycles. The maximum Gasteiger partial charge on any atom is 0.337 e. The summed E-state index contributed by atoms with van der Waals surface area (Å²) in [5, 5.41) is 6.71. The van der Waals surface area contributed by atoms with Gasteiger partial charge in [0.1, 0.15) is 5.25 Å². The number of halogens is 2. The average Bonchev–Trinajstić information content (AvgIpc) is 2.29. The Bertz CT molecular complexity index is 656. The van der Waals surface area contributed by atoms with Crippen LogP contribution in [-0.4, -0.2) is 30.7 Å². The van der Waals surface area contributed by atoms with Gasteiger partial charge < -0.3 is 10.8 Å². The van der Waals surface area contributed by atoms with E-state index in [4.69, 9.17) is 34.0 Å². The van der Waals surface area contributed by atoms with Crippen LogP contribution in [0.4, 0.5) is 0 Å². The number of carbonyl (C=O) groups excluding carboxylic acids is 1. The zero-order chi connectivity index (χ0) is 15.0. The number of nitrogens with two attached hydrogens (primary N) is 1. The molecule has 0 spiro atoms. The highest BCUT2D eigenvalue weighted by Crippen LogP contribution is 2.31. The summed E-state index contributed by atoms with van der Waals surface area (Å²) >= 11 is 11.4. The van der Waals surface area contributed by atoms with E-state index < -0.39 is 42.4 Å². The van der Waals surface area contributed by atoms with Gasteiger partial charge in [-0.3, -0.25) is 4.79 Å². The first-order chi connectivity index (χ1) is 8.59. The molecule has 0 saturated heterocycles. The largest absolute Gasteiger partial charge is 0.478 e. The van der Waals surface area contributed by atoms with Crippen molar-refractivity contribution >= 4 is 44.9 Å². The topological polar surface area (TPSA) is 115 Å². The minimum atomic E-state index is -4.20. The van der Waals surface area contributed by atoms with Crippen molar-refractivity contribution < 1.29 is 23.1 Å². The van der Waals surface area contributed by atoms with E-state index in [0.717, 1.165) is 19.1 Å². The first-order valence-corrected chi connectivity index (χ1v) is 7.14. The molecule has 0 bridgehead atoms. The highest BCUT2D eigenvalue weighted by molar-refractivity contribution is 7.93. The van der Waals surface area contributed by atoms with Crippen molar-refractivity contribution in [2.45, 2.75) is 17.1 Å². The molecule has 0 radical (unpaired) electrons.